The number of anilines is 1. The Morgan fingerprint density at radius 1 is 1.35 bits per heavy atom. The number of rotatable bonds is 5. The molecular formula is C13H17ClF2N2O2. The van der Waals surface area contributed by atoms with Gasteiger partial charge < -0.3 is 15.4 Å². The highest BCUT2D eigenvalue weighted by atomic mass is 35.5. The molecule has 1 saturated heterocycles. The lowest BCUT2D eigenvalue weighted by molar-refractivity contribution is -0.115. The van der Waals surface area contributed by atoms with Crippen LogP contribution in [-0.2, 0) is 9.53 Å². The van der Waals surface area contributed by atoms with Crippen LogP contribution in [0, 0.1) is 11.6 Å². The third-order valence-electron chi connectivity index (χ3n) is 2.88. The molecule has 1 aliphatic rings. The molecule has 0 radical (unpaired) electrons. The number of hydrogen-bond acceptors (Lipinski definition) is 3. The Hall–Kier alpha value is -1.24. The van der Waals surface area contributed by atoms with Gasteiger partial charge in [0.25, 0.3) is 0 Å². The highest BCUT2D eigenvalue weighted by molar-refractivity contribution is 5.92. The van der Waals surface area contributed by atoms with Gasteiger partial charge in [0.05, 0.1) is 12.6 Å². The Morgan fingerprint density at radius 2 is 2.15 bits per heavy atom. The number of ether oxygens (including phenoxy) is 1. The van der Waals surface area contributed by atoms with Crippen molar-refractivity contribution < 1.29 is 18.3 Å². The fraction of sp³-hybridized carbons (Fsp3) is 0.462. The molecule has 1 aromatic carbocycles. The van der Waals surface area contributed by atoms with Crippen molar-refractivity contribution in [3.05, 3.63) is 29.8 Å². The molecule has 1 amide bonds. The maximum absolute atomic E-state index is 12.9. The predicted octanol–water partition coefficient (Wildman–Crippen LogP) is 2.09. The van der Waals surface area contributed by atoms with Crippen LogP contribution in [0.4, 0.5) is 14.5 Å². The molecule has 1 atom stereocenters. The third kappa shape index (κ3) is 5.03. The van der Waals surface area contributed by atoms with Crippen LogP contribution in [0.3, 0.4) is 0 Å². The summed E-state index contributed by atoms with van der Waals surface area (Å²) in [5.74, 6) is -2.22. The monoisotopic (exact) mass is 306 g/mol. The lowest BCUT2D eigenvalue weighted by Crippen LogP contribution is -2.33. The number of carbonyl (C=O) groups is 1. The van der Waals surface area contributed by atoms with Crippen molar-refractivity contribution in [2.45, 2.75) is 18.9 Å². The van der Waals surface area contributed by atoms with E-state index in [2.05, 4.69) is 10.6 Å². The Labute approximate surface area is 122 Å². The summed E-state index contributed by atoms with van der Waals surface area (Å²) in [6, 6.07) is 3.24. The van der Waals surface area contributed by atoms with Crippen LogP contribution in [0.1, 0.15) is 12.8 Å². The first-order valence-corrected chi connectivity index (χ1v) is 6.22. The summed E-state index contributed by atoms with van der Waals surface area (Å²) in [7, 11) is 0. The number of halogens is 3. The standard InChI is InChI=1S/C13H16F2N2O2.ClH/c14-11-4-3-9(6-12(11)15)17-13(18)8-16-7-10-2-1-5-19-10;/h3-4,6,10,16H,1-2,5,7-8H2,(H,17,18);1H. The van der Waals surface area contributed by atoms with E-state index in [4.69, 9.17) is 4.74 Å². The minimum absolute atomic E-state index is 0. The van der Waals surface area contributed by atoms with Crippen molar-refractivity contribution in [3.8, 4) is 0 Å². The highest BCUT2D eigenvalue weighted by Crippen LogP contribution is 2.13. The van der Waals surface area contributed by atoms with Crippen molar-refractivity contribution in [2.24, 2.45) is 0 Å². The number of hydrogen-bond donors (Lipinski definition) is 2. The average Bonchev–Trinajstić information content (AvgIpc) is 2.87. The van der Waals surface area contributed by atoms with Gasteiger partial charge in [-0.05, 0) is 25.0 Å². The number of amides is 1. The fourth-order valence-corrected chi connectivity index (χ4v) is 1.93. The van der Waals surface area contributed by atoms with Crippen LogP contribution in [0.15, 0.2) is 18.2 Å². The quantitative estimate of drug-likeness (QED) is 0.876. The van der Waals surface area contributed by atoms with Crippen molar-refractivity contribution in [1.82, 2.24) is 5.32 Å². The van der Waals surface area contributed by atoms with Crippen LogP contribution in [-0.4, -0.2) is 31.7 Å². The smallest absolute Gasteiger partial charge is 0.238 e. The van der Waals surface area contributed by atoms with Gasteiger partial charge in [0.1, 0.15) is 0 Å². The van der Waals surface area contributed by atoms with Crippen LogP contribution >= 0.6 is 12.4 Å². The first-order valence-electron chi connectivity index (χ1n) is 6.22. The summed E-state index contributed by atoms with van der Waals surface area (Å²) < 4.78 is 31.0. The van der Waals surface area contributed by atoms with Crippen LogP contribution in [0.25, 0.3) is 0 Å². The maximum Gasteiger partial charge on any atom is 0.238 e. The van der Waals surface area contributed by atoms with Crippen LogP contribution < -0.4 is 10.6 Å². The van der Waals surface area contributed by atoms with E-state index in [0.717, 1.165) is 31.6 Å². The predicted molar refractivity (Wildman–Crippen MR) is 74.1 cm³/mol. The zero-order valence-corrected chi connectivity index (χ0v) is 11.6. The molecule has 1 fully saturated rings. The summed E-state index contributed by atoms with van der Waals surface area (Å²) in [6.45, 7) is 1.50. The number of benzene rings is 1. The lowest BCUT2D eigenvalue weighted by atomic mass is 10.2. The molecule has 4 nitrogen and oxygen atoms in total. The summed E-state index contributed by atoms with van der Waals surface area (Å²) in [5.41, 5.74) is 0.239. The summed E-state index contributed by atoms with van der Waals surface area (Å²) in [4.78, 5) is 11.6. The first-order chi connectivity index (χ1) is 9.15. The minimum atomic E-state index is -0.981. The van der Waals surface area contributed by atoms with E-state index >= 15 is 0 Å². The van der Waals surface area contributed by atoms with E-state index in [-0.39, 0.29) is 36.7 Å². The maximum atomic E-state index is 12.9. The van der Waals surface area contributed by atoms with Gasteiger partial charge in [-0.15, -0.1) is 12.4 Å². The van der Waals surface area contributed by atoms with Crippen LogP contribution in [0.5, 0.6) is 0 Å². The summed E-state index contributed by atoms with van der Waals surface area (Å²) in [6.07, 6.45) is 2.21. The molecule has 7 heteroatoms. The molecule has 1 heterocycles. The van der Waals surface area contributed by atoms with Crippen molar-refractivity contribution >= 4 is 24.0 Å². The Morgan fingerprint density at radius 3 is 2.80 bits per heavy atom. The van der Waals surface area contributed by atoms with E-state index in [0.29, 0.717) is 6.54 Å². The van der Waals surface area contributed by atoms with Crippen molar-refractivity contribution in [1.29, 1.82) is 0 Å². The molecule has 0 aliphatic carbocycles. The van der Waals surface area contributed by atoms with Gasteiger partial charge in [-0.2, -0.15) is 0 Å². The largest absolute Gasteiger partial charge is 0.377 e. The van der Waals surface area contributed by atoms with E-state index in [9.17, 15) is 13.6 Å². The highest BCUT2D eigenvalue weighted by Gasteiger charge is 2.15. The van der Waals surface area contributed by atoms with E-state index in [1.807, 2.05) is 0 Å². The zero-order chi connectivity index (χ0) is 13.7. The summed E-state index contributed by atoms with van der Waals surface area (Å²) >= 11 is 0. The molecule has 20 heavy (non-hydrogen) atoms. The number of carbonyl (C=O) groups excluding carboxylic acids is 1. The minimum Gasteiger partial charge on any atom is -0.377 e. The average molecular weight is 307 g/mol. The van der Waals surface area contributed by atoms with Gasteiger partial charge in [0, 0.05) is 24.9 Å². The molecular weight excluding hydrogens is 290 g/mol. The molecule has 112 valence electrons. The van der Waals surface area contributed by atoms with Gasteiger partial charge in [0.2, 0.25) is 5.91 Å². The molecule has 0 saturated carbocycles. The Balaban J connectivity index is 0.00000200. The first kappa shape index (κ1) is 16.8. The molecule has 1 aromatic rings. The van der Waals surface area contributed by atoms with Gasteiger partial charge in [0.15, 0.2) is 11.6 Å². The second-order valence-corrected chi connectivity index (χ2v) is 4.44. The van der Waals surface area contributed by atoms with E-state index < -0.39 is 11.6 Å². The van der Waals surface area contributed by atoms with Gasteiger partial charge in [-0.25, -0.2) is 8.78 Å². The van der Waals surface area contributed by atoms with Gasteiger partial charge in [-0.3, -0.25) is 4.79 Å². The third-order valence-corrected chi connectivity index (χ3v) is 2.88. The fourth-order valence-electron chi connectivity index (χ4n) is 1.93. The van der Waals surface area contributed by atoms with E-state index in [1.165, 1.54) is 6.07 Å². The molecule has 0 spiro atoms. The summed E-state index contributed by atoms with van der Waals surface area (Å²) in [5, 5.41) is 5.45. The van der Waals surface area contributed by atoms with Gasteiger partial charge >= 0.3 is 0 Å². The topological polar surface area (TPSA) is 50.4 Å². The molecule has 2 rings (SSSR count). The molecule has 2 N–H and O–H groups in total. The molecule has 1 aliphatic heterocycles. The zero-order valence-electron chi connectivity index (χ0n) is 10.8. The van der Waals surface area contributed by atoms with Crippen molar-refractivity contribution in [2.75, 3.05) is 25.0 Å². The Bertz CT molecular complexity index is 454. The molecule has 1 unspecified atom stereocenters. The van der Waals surface area contributed by atoms with E-state index in [1.54, 1.807) is 0 Å². The molecule has 0 bridgehead atoms. The van der Waals surface area contributed by atoms with Crippen molar-refractivity contribution in [3.63, 3.8) is 0 Å². The second kappa shape index (κ2) is 8.14. The number of nitrogens with one attached hydrogen (secondary N) is 2. The van der Waals surface area contributed by atoms with Gasteiger partial charge in [-0.1, -0.05) is 0 Å². The SMILES string of the molecule is Cl.O=C(CNCC1CCCO1)Nc1ccc(F)c(F)c1. The Kier molecular flexibility index (Phi) is 6.84. The van der Waals surface area contributed by atoms with Crippen LogP contribution in [0.2, 0.25) is 0 Å². The normalized spacial score (nSPS) is 17.6. The molecule has 0 aromatic heterocycles. The second-order valence-electron chi connectivity index (χ2n) is 4.44. The lowest BCUT2D eigenvalue weighted by Gasteiger charge is -2.11.